The van der Waals surface area contributed by atoms with Gasteiger partial charge < -0.3 is 20.3 Å². The normalized spacial score (nSPS) is 19.8. The summed E-state index contributed by atoms with van der Waals surface area (Å²) in [5.41, 5.74) is 12.1. The largest absolute Gasteiger partial charge is 0.496 e. The minimum atomic E-state index is 0.0517. The zero-order valence-corrected chi connectivity index (χ0v) is 19.2. The summed E-state index contributed by atoms with van der Waals surface area (Å²) in [7, 11) is 1.76. The van der Waals surface area contributed by atoms with Crippen molar-refractivity contribution in [1.82, 2.24) is 0 Å². The number of hydrogen-bond acceptors (Lipinski definition) is 3. The van der Waals surface area contributed by atoms with E-state index in [4.69, 9.17) is 10.5 Å². The molecular weight excluding hydrogens is 410 g/mol. The van der Waals surface area contributed by atoms with Gasteiger partial charge >= 0.3 is 0 Å². The minimum Gasteiger partial charge on any atom is -0.496 e. The molecule has 1 saturated heterocycles. The number of nitrogens with zero attached hydrogens (tertiary/aromatic N) is 1. The number of likely N-dealkylation sites (tertiary alicyclic amines) is 1. The van der Waals surface area contributed by atoms with E-state index in [-0.39, 0.29) is 5.91 Å². The molecule has 5 nitrogen and oxygen atoms in total. The minimum absolute atomic E-state index is 0.0517. The zero-order valence-electron chi connectivity index (χ0n) is 19.2. The molecule has 5 heteroatoms. The van der Waals surface area contributed by atoms with Crippen molar-refractivity contribution in [3.05, 3.63) is 89.0 Å². The lowest BCUT2D eigenvalue weighted by molar-refractivity contribution is -0.919. The number of quaternary nitrogens is 1. The Morgan fingerprint density at radius 3 is 2.58 bits per heavy atom. The summed E-state index contributed by atoms with van der Waals surface area (Å²) in [6, 6.07) is 22.4. The van der Waals surface area contributed by atoms with Crippen LogP contribution in [0.15, 0.2) is 66.7 Å². The fourth-order valence-corrected chi connectivity index (χ4v) is 5.33. The Morgan fingerprint density at radius 1 is 1.06 bits per heavy atom. The number of methoxy groups -OCH3 is 1. The lowest BCUT2D eigenvalue weighted by Gasteiger charge is -2.30. The molecule has 33 heavy (non-hydrogen) atoms. The maximum absolute atomic E-state index is 13.1. The van der Waals surface area contributed by atoms with E-state index in [1.807, 2.05) is 41.3 Å². The van der Waals surface area contributed by atoms with Crippen LogP contribution in [0.3, 0.4) is 0 Å². The van der Waals surface area contributed by atoms with E-state index in [2.05, 4.69) is 30.3 Å². The second-order valence-corrected chi connectivity index (χ2v) is 9.23. The van der Waals surface area contributed by atoms with E-state index in [0.29, 0.717) is 18.2 Å². The lowest BCUT2D eigenvalue weighted by Crippen LogP contribution is -3.11. The summed E-state index contributed by atoms with van der Waals surface area (Å²) in [4.78, 5) is 16.6. The van der Waals surface area contributed by atoms with Crippen molar-refractivity contribution >= 4 is 17.3 Å². The summed E-state index contributed by atoms with van der Waals surface area (Å²) < 4.78 is 5.57. The van der Waals surface area contributed by atoms with Crippen LogP contribution in [0, 0.1) is 0 Å². The highest BCUT2D eigenvalue weighted by atomic mass is 16.5. The Morgan fingerprint density at radius 2 is 1.82 bits per heavy atom. The number of nitrogen functional groups attached to an aromatic ring is 1. The van der Waals surface area contributed by atoms with E-state index in [0.717, 1.165) is 43.1 Å². The van der Waals surface area contributed by atoms with Crippen molar-refractivity contribution in [2.24, 2.45) is 0 Å². The number of carbonyl (C=O) groups excluding carboxylic acids is 1. The second kappa shape index (κ2) is 9.28. The third kappa shape index (κ3) is 4.46. The van der Waals surface area contributed by atoms with Gasteiger partial charge in [-0.3, -0.25) is 4.79 Å². The number of piperidine rings is 1. The molecule has 0 atom stereocenters. The smallest absolute Gasteiger partial charge is 0.258 e. The van der Waals surface area contributed by atoms with Crippen molar-refractivity contribution in [3.63, 3.8) is 0 Å². The summed E-state index contributed by atoms with van der Waals surface area (Å²) >= 11 is 0. The third-order valence-corrected chi connectivity index (χ3v) is 7.18. The van der Waals surface area contributed by atoms with Gasteiger partial charge in [-0.05, 0) is 53.8 Å². The summed E-state index contributed by atoms with van der Waals surface area (Å²) in [6.07, 6.45) is 3.22. The first-order valence-corrected chi connectivity index (χ1v) is 11.9. The average molecular weight is 443 g/mol. The predicted octanol–water partition coefficient (Wildman–Crippen LogP) is 3.44. The highest BCUT2D eigenvalue weighted by molar-refractivity contribution is 6.07. The summed E-state index contributed by atoms with van der Waals surface area (Å²) in [6.45, 7) is 4.01. The average Bonchev–Trinajstić information content (AvgIpc) is 3.27. The van der Waals surface area contributed by atoms with Crippen molar-refractivity contribution in [2.75, 3.05) is 37.4 Å². The number of para-hydroxylation sites is 1. The standard InChI is InChI=1S/C28H31N3O2/c1-33-27-5-3-2-4-25(27)21-12-15-30(16-13-21)19-20-6-8-23(9-7-20)28(32)31-17-14-22-10-11-24(29)18-26(22)31/h2-11,18,21H,12-17,19,29H2,1H3/p+1. The van der Waals surface area contributed by atoms with Crippen LogP contribution in [0.1, 0.15) is 45.8 Å². The maximum atomic E-state index is 13.1. The van der Waals surface area contributed by atoms with Gasteiger partial charge in [0.05, 0.1) is 20.2 Å². The van der Waals surface area contributed by atoms with Gasteiger partial charge in [0.25, 0.3) is 5.91 Å². The first kappa shape index (κ1) is 21.5. The van der Waals surface area contributed by atoms with Crippen LogP contribution in [0.25, 0.3) is 0 Å². The molecule has 0 bridgehead atoms. The SMILES string of the molecule is COc1ccccc1C1CC[NH+](Cc2ccc(C(=O)N3CCc4ccc(N)cc43)cc2)CC1. The lowest BCUT2D eigenvalue weighted by atomic mass is 9.88. The Labute approximate surface area is 195 Å². The van der Waals surface area contributed by atoms with Crippen LogP contribution < -0.4 is 20.3 Å². The first-order valence-electron chi connectivity index (χ1n) is 11.9. The number of benzene rings is 3. The monoisotopic (exact) mass is 442 g/mol. The maximum Gasteiger partial charge on any atom is 0.258 e. The molecule has 3 aromatic carbocycles. The topological polar surface area (TPSA) is 60.0 Å². The van der Waals surface area contributed by atoms with E-state index >= 15 is 0 Å². The molecule has 0 radical (unpaired) electrons. The molecule has 0 spiro atoms. The number of nitrogens with two attached hydrogens (primary N) is 1. The molecule has 3 aromatic rings. The molecule has 1 amide bonds. The highest BCUT2D eigenvalue weighted by Gasteiger charge is 2.27. The van der Waals surface area contributed by atoms with Gasteiger partial charge in [-0.25, -0.2) is 0 Å². The van der Waals surface area contributed by atoms with Gasteiger partial charge in [0, 0.05) is 41.9 Å². The van der Waals surface area contributed by atoms with E-state index < -0.39 is 0 Å². The molecule has 2 aliphatic heterocycles. The van der Waals surface area contributed by atoms with Gasteiger partial charge in [-0.1, -0.05) is 36.4 Å². The number of carbonyl (C=O) groups is 1. The number of hydrogen-bond donors (Lipinski definition) is 2. The molecule has 0 aliphatic carbocycles. The molecule has 2 aliphatic rings. The highest BCUT2D eigenvalue weighted by Crippen LogP contribution is 2.32. The van der Waals surface area contributed by atoms with Gasteiger partial charge in [0.15, 0.2) is 0 Å². The zero-order chi connectivity index (χ0) is 22.8. The Hall–Kier alpha value is -3.31. The molecule has 0 unspecified atom stereocenters. The predicted molar refractivity (Wildman–Crippen MR) is 132 cm³/mol. The molecule has 3 N–H and O–H groups in total. The third-order valence-electron chi connectivity index (χ3n) is 7.18. The van der Waals surface area contributed by atoms with E-state index in [1.165, 1.54) is 29.5 Å². The van der Waals surface area contributed by atoms with Crippen LogP contribution >= 0.6 is 0 Å². The Kier molecular flexibility index (Phi) is 6.05. The van der Waals surface area contributed by atoms with Crippen LogP contribution in [-0.4, -0.2) is 32.7 Å². The number of nitrogens with one attached hydrogen (secondary N) is 1. The van der Waals surface area contributed by atoms with Crippen molar-refractivity contribution in [2.45, 2.75) is 31.7 Å². The quantitative estimate of drug-likeness (QED) is 0.595. The van der Waals surface area contributed by atoms with Crippen molar-refractivity contribution in [3.8, 4) is 5.75 Å². The van der Waals surface area contributed by atoms with E-state index in [9.17, 15) is 4.79 Å². The molecule has 2 heterocycles. The van der Waals surface area contributed by atoms with Crippen molar-refractivity contribution in [1.29, 1.82) is 0 Å². The van der Waals surface area contributed by atoms with Gasteiger partial charge in [-0.15, -0.1) is 0 Å². The molecule has 1 fully saturated rings. The molecule has 170 valence electrons. The van der Waals surface area contributed by atoms with Crippen LogP contribution in [-0.2, 0) is 13.0 Å². The first-order chi connectivity index (χ1) is 16.1. The molecular formula is C28H32N3O2+. The van der Waals surface area contributed by atoms with Crippen LogP contribution in [0.5, 0.6) is 5.75 Å². The molecule has 5 rings (SSSR count). The Balaban J connectivity index is 1.19. The van der Waals surface area contributed by atoms with Gasteiger partial charge in [0.2, 0.25) is 0 Å². The van der Waals surface area contributed by atoms with Crippen LogP contribution in [0.2, 0.25) is 0 Å². The second-order valence-electron chi connectivity index (χ2n) is 9.23. The van der Waals surface area contributed by atoms with Crippen molar-refractivity contribution < 1.29 is 14.4 Å². The summed E-state index contributed by atoms with van der Waals surface area (Å²) in [5.74, 6) is 1.63. The fraction of sp³-hybridized carbons (Fsp3) is 0.321. The molecule has 0 aromatic heterocycles. The Bertz CT molecular complexity index is 1130. The van der Waals surface area contributed by atoms with Crippen LogP contribution in [0.4, 0.5) is 11.4 Å². The summed E-state index contributed by atoms with van der Waals surface area (Å²) in [5, 5.41) is 0. The fourth-order valence-electron chi connectivity index (χ4n) is 5.33. The van der Waals surface area contributed by atoms with Gasteiger partial charge in [-0.2, -0.15) is 0 Å². The number of ether oxygens (including phenoxy) is 1. The number of fused-ring (bicyclic) bond motifs is 1. The number of amides is 1. The molecule has 0 saturated carbocycles. The van der Waals surface area contributed by atoms with Gasteiger partial charge in [0.1, 0.15) is 12.3 Å². The number of anilines is 2. The number of rotatable bonds is 5. The van der Waals surface area contributed by atoms with E-state index in [1.54, 1.807) is 12.0 Å².